The van der Waals surface area contributed by atoms with Gasteiger partial charge in [0.15, 0.2) is 5.96 Å². The van der Waals surface area contributed by atoms with E-state index >= 15 is 0 Å². The van der Waals surface area contributed by atoms with E-state index in [2.05, 4.69) is 59.1 Å². The molecule has 1 aromatic carbocycles. The van der Waals surface area contributed by atoms with Crippen molar-refractivity contribution in [3.8, 4) is 11.3 Å². The Morgan fingerprint density at radius 1 is 1.19 bits per heavy atom. The summed E-state index contributed by atoms with van der Waals surface area (Å²) in [6.45, 7) is 4.99. The maximum Gasteiger partial charge on any atom is 0.191 e. The van der Waals surface area contributed by atoms with Gasteiger partial charge in [-0.15, -0.1) is 46.7 Å². The van der Waals surface area contributed by atoms with Gasteiger partial charge in [-0.05, 0) is 26.0 Å². The van der Waals surface area contributed by atoms with Crippen LogP contribution in [-0.4, -0.2) is 24.0 Å². The van der Waals surface area contributed by atoms with Crippen molar-refractivity contribution in [2.45, 2.75) is 32.9 Å². The first-order valence-electron chi connectivity index (χ1n) is 8.66. The highest BCUT2D eigenvalue weighted by atomic mass is 127. The van der Waals surface area contributed by atoms with Crippen LogP contribution in [0.5, 0.6) is 0 Å². The van der Waals surface area contributed by atoms with Crippen molar-refractivity contribution in [3.63, 3.8) is 0 Å². The third kappa shape index (κ3) is 6.58. The first-order chi connectivity index (χ1) is 12.6. The van der Waals surface area contributed by atoms with Crippen molar-refractivity contribution in [2.24, 2.45) is 4.99 Å². The molecule has 3 rings (SSSR count). The van der Waals surface area contributed by atoms with Crippen molar-refractivity contribution in [3.05, 3.63) is 62.6 Å². The van der Waals surface area contributed by atoms with Gasteiger partial charge in [0, 0.05) is 40.2 Å². The second-order valence-corrected chi connectivity index (χ2v) is 8.50. The van der Waals surface area contributed by atoms with Crippen molar-refractivity contribution in [2.75, 3.05) is 7.05 Å². The highest BCUT2D eigenvalue weighted by molar-refractivity contribution is 14.0. The monoisotopic (exact) mass is 512 g/mol. The van der Waals surface area contributed by atoms with E-state index in [1.54, 1.807) is 18.4 Å². The summed E-state index contributed by atoms with van der Waals surface area (Å²) in [6, 6.07) is 15.0. The molecule has 0 fully saturated rings. The number of hydrogen-bond donors (Lipinski definition) is 2. The lowest BCUT2D eigenvalue weighted by molar-refractivity contribution is 0.644. The minimum atomic E-state index is 0. The number of thiophene rings is 1. The van der Waals surface area contributed by atoms with Crippen LogP contribution in [0.1, 0.15) is 21.7 Å². The first kappa shape index (κ1) is 21.8. The Labute approximate surface area is 186 Å². The Kier molecular flexibility index (Phi) is 8.72. The Morgan fingerprint density at radius 3 is 2.63 bits per heavy atom. The summed E-state index contributed by atoms with van der Waals surface area (Å²) in [5, 5.41) is 9.97. The highest BCUT2D eigenvalue weighted by Crippen LogP contribution is 2.21. The summed E-state index contributed by atoms with van der Waals surface area (Å²) in [5.41, 5.74) is 2.18. The van der Waals surface area contributed by atoms with Crippen LogP contribution in [0.3, 0.4) is 0 Å². The summed E-state index contributed by atoms with van der Waals surface area (Å²) in [7, 11) is 1.80. The van der Waals surface area contributed by atoms with Crippen LogP contribution in [-0.2, 0) is 13.0 Å². The van der Waals surface area contributed by atoms with E-state index in [-0.39, 0.29) is 24.0 Å². The molecule has 0 aliphatic carbocycles. The maximum atomic E-state index is 4.71. The predicted octanol–water partition coefficient (Wildman–Crippen LogP) is 5.09. The molecular weight excluding hydrogens is 487 g/mol. The van der Waals surface area contributed by atoms with Gasteiger partial charge in [0.25, 0.3) is 0 Å². The molecule has 4 nitrogen and oxygen atoms in total. The molecule has 0 saturated heterocycles. The van der Waals surface area contributed by atoms with E-state index in [0.717, 1.165) is 28.6 Å². The average Bonchev–Trinajstić information content (AvgIpc) is 3.28. The second kappa shape index (κ2) is 10.8. The van der Waals surface area contributed by atoms with E-state index in [4.69, 9.17) is 4.98 Å². The number of rotatable bonds is 6. The largest absolute Gasteiger partial charge is 0.354 e. The van der Waals surface area contributed by atoms with E-state index in [9.17, 15) is 0 Å². The summed E-state index contributed by atoms with van der Waals surface area (Å²) in [6.07, 6.45) is 0.995. The number of nitrogens with one attached hydrogen (secondary N) is 2. The number of hydrogen-bond acceptors (Lipinski definition) is 4. The van der Waals surface area contributed by atoms with Crippen LogP contribution in [0.15, 0.2) is 52.8 Å². The van der Waals surface area contributed by atoms with Crippen LogP contribution < -0.4 is 10.6 Å². The van der Waals surface area contributed by atoms with Crippen molar-refractivity contribution in [1.29, 1.82) is 0 Å². The number of benzene rings is 1. The van der Waals surface area contributed by atoms with E-state index in [1.165, 1.54) is 9.75 Å². The number of thiazole rings is 1. The third-order valence-corrected chi connectivity index (χ3v) is 5.81. The molecule has 0 bridgehead atoms. The Morgan fingerprint density at radius 2 is 1.96 bits per heavy atom. The lowest BCUT2D eigenvalue weighted by atomic mass is 10.2. The second-order valence-electron chi connectivity index (χ2n) is 6.18. The fraction of sp³-hybridized carbons (Fsp3) is 0.300. The molecule has 2 aromatic heterocycles. The molecule has 2 heterocycles. The molecule has 2 N–H and O–H groups in total. The SMILES string of the molecule is CN=C(NCc1nc(-c2ccccc2)cs1)NC(C)Cc1ccc(C)s1.I. The molecule has 7 heteroatoms. The minimum absolute atomic E-state index is 0. The number of aryl methyl sites for hydroxylation is 1. The van der Waals surface area contributed by atoms with Gasteiger partial charge in [-0.1, -0.05) is 30.3 Å². The first-order valence-corrected chi connectivity index (χ1v) is 10.4. The van der Waals surface area contributed by atoms with Gasteiger partial charge < -0.3 is 10.6 Å². The van der Waals surface area contributed by atoms with Gasteiger partial charge in [0.1, 0.15) is 5.01 Å². The van der Waals surface area contributed by atoms with E-state index in [1.807, 2.05) is 29.5 Å². The number of aromatic nitrogens is 1. The molecule has 0 spiro atoms. The summed E-state index contributed by atoms with van der Waals surface area (Å²) < 4.78 is 0. The predicted molar refractivity (Wildman–Crippen MR) is 129 cm³/mol. The average molecular weight is 512 g/mol. The molecular formula is C20H25IN4S2. The third-order valence-electron chi connectivity index (χ3n) is 3.94. The molecule has 1 atom stereocenters. The van der Waals surface area contributed by atoms with Crippen molar-refractivity contribution < 1.29 is 0 Å². The van der Waals surface area contributed by atoms with Gasteiger partial charge in [0.05, 0.1) is 12.2 Å². The lowest BCUT2D eigenvalue weighted by Crippen LogP contribution is -2.42. The molecule has 144 valence electrons. The van der Waals surface area contributed by atoms with Gasteiger partial charge in [0.2, 0.25) is 0 Å². The molecule has 0 radical (unpaired) electrons. The van der Waals surface area contributed by atoms with Crippen LogP contribution in [0.2, 0.25) is 0 Å². The van der Waals surface area contributed by atoms with Crippen molar-refractivity contribution in [1.82, 2.24) is 15.6 Å². The molecule has 1 unspecified atom stereocenters. The summed E-state index contributed by atoms with van der Waals surface area (Å²) >= 11 is 3.52. The topological polar surface area (TPSA) is 49.3 Å². The fourth-order valence-electron chi connectivity index (χ4n) is 2.67. The van der Waals surface area contributed by atoms with Crippen LogP contribution >= 0.6 is 46.7 Å². The Hall–Kier alpha value is -1.45. The summed E-state index contributed by atoms with van der Waals surface area (Å²) in [5.74, 6) is 0.808. The minimum Gasteiger partial charge on any atom is -0.354 e. The quantitative estimate of drug-likeness (QED) is 0.275. The number of guanidine groups is 1. The smallest absolute Gasteiger partial charge is 0.191 e. The molecule has 3 aromatic rings. The van der Waals surface area contributed by atoms with E-state index < -0.39 is 0 Å². The maximum absolute atomic E-state index is 4.71. The normalized spacial score (nSPS) is 12.3. The molecule has 27 heavy (non-hydrogen) atoms. The summed E-state index contributed by atoms with van der Waals surface area (Å²) in [4.78, 5) is 11.8. The Balaban J connectivity index is 0.00000261. The van der Waals surface area contributed by atoms with Crippen LogP contribution in [0, 0.1) is 6.92 Å². The van der Waals surface area contributed by atoms with Gasteiger partial charge in [-0.3, -0.25) is 4.99 Å². The van der Waals surface area contributed by atoms with Crippen molar-refractivity contribution >= 4 is 52.6 Å². The highest BCUT2D eigenvalue weighted by Gasteiger charge is 2.09. The molecule has 0 aliphatic rings. The standard InChI is InChI=1S/C20H24N4S2.HI/c1-14(11-17-10-9-15(2)26-17)23-20(21-3)22-12-19-24-18(13-25-19)16-7-5-4-6-8-16;/h4-10,13-14H,11-12H2,1-3H3,(H2,21,22,23);1H. The number of halogens is 1. The molecule has 0 aliphatic heterocycles. The fourth-order valence-corrected chi connectivity index (χ4v) is 4.43. The molecule has 0 amide bonds. The van der Waals surface area contributed by atoms with Crippen LogP contribution in [0.25, 0.3) is 11.3 Å². The zero-order valence-corrected chi connectivity index (χ0v) is 19.7. The lowest BCUT2D eigenvalue weighted by Gasteiger charge is -2.17. The van der Waals surface area contributed by atoms with Crippen LogP contribution in [0.4, 0.5) is 0 Å². The molecule has 0 saturated carbocycles. The van der Waals surface area contributed by atoms with Gasteiger partial charge >= 0.3 is 0 Å². The number of aliphatic imine (C=N–C) groups is 1. The zero-order valence-electron chi connectivity index (χ0n) is 15.7. The van der Waals surface area contributed by atoms with Gasteiger partial charge in [-0.25, -0.2) is 4.98 Å². The van der Waals surface area contributed by atoms with Gasteiger partial charge in [-0.2, -0.15) is 0 Å². The number of nitrogens with zero attached hydrogens (tertiary/aromatic N) is 2. The zero-order chi connectivity index (χ0) is 18.4. The Bertz CT molecular complexity index is 858. The van der Waals surface area contributed by atoms with E-state index in [0.29, 0.717) is 12.6 Å².